The number of para-hydroxylation sites is 1. The topological polar surface area (TPSA) is 118 Å². The van der Waals surface area contributed by atoms with Crippen molar-refractivity contribution < 1.29 is 27.4 Å². The Morgan fingerprint density at radius 3 is 2.83 bits per heavy atom. The zero-order chi connectivity index (χ0) is 20.9. The average molecular weight is 428 g/mol. The number of benzene rings is 1. The number of nitrogen functional groups attached to an aromatic ring is 1. The van der Waals surface area contributed by atoms with Crippen LogP contribution in [0.5, 0.6) is 5.75 Å². The summed E-state index contributed by atoms with van der Waals surface area (Å²) in [5.41, 5.74) is 4.63. The lowest BCUT2D eigenvalue weighted by Crippen LogP contribution is -2.33. The highest BCUT2D eigenvalue weighted by atomic mass is 31.2. The van der Waals surface area contributed by atoms with Gasteiger partial charge >= 0.3 is 14.2 Å². The van der Waals surface area contributed by atoms with Crippen LogP contribution in [0.25, 0.3) is 0 Å². The van der Waals surface area contributed by atoms with Crippen molar-refractivity contribution >= 4 is 20.6 Å². The molecule has 1 aromatic heterocycles. The van der Waals surface area contributed by atoms with E-state index in [9.17, 15) is 18.4 Å². The van der Waals surface area contributed by atoms with E-state index < -0.39 is 45.5 Å². The maximum absolute atomic E-state index is 14.4. The third kappa shape index (κ3) is 5.54. The second kappa shape index (κ2) is 9.36. The monoisotopic (exact) mass is 428 g/mol. The molecule has 2 aromatic rings. The van der Waals surface area contributed by atoms with Crippen molar-refractivity contribution in [1.82, 2.24) is 14.6 Å². The van der Waals surface area contributed by atoms with Crippen LogP contribution in [0.3, 0.4) is 0 Å². The highest BCUT2D eigenvalue weighted by Gasteiger charge is 2.51. The smallest absolute Gasteiger partial charge is 0.351 e. The molecule has 0 aliphatic carbocycles. The molecule has 0 amide bonds. The number of carbonyl (C=O) groups excluding carboxylic acids is 1. The van der Waals surface area contributed by atoms with Crippen molar-refractivity contribution in [2.24, 2.45) is 0 Å². The molecule has 9 nitrogen and oxygen atoms in total. The van der Waals surface area contributed by atoms with Crippen molar-refractivity contribution in [2.75, 3.05) is 18.9 Å². The number of carbonyl (C=O) groups is 1. The second-order valence-corrected chi connectivity index (χ2v) is 7.34. The van der Waals surface area contributed by atoms with Crippen LogP contribution < -0.4 is 21.0 Å². The fourth-order valence-corrected chi connectivity index (χ4v) is 3.62. The number of alkyl halides is 2. The standard InChI is InChI=1S/C17H19F2N4O5P/c18-17(19)10-15(23-8-6-14(20)22-16(23)25)27-13(17)11-26-29(21-7-9-24)28-12-4-2-1-3-5-12/h1-6,8-9,13,15,21H,7,10-11H2,(H2,20,22,25). The van der Waals surface area contributed by atoms with E-state index in [1.165, 1.54) is 12.3 Å². The number of ether oxygens (including phenoxy) is 1. The Morgan fingerprint density at radius 2 is 2.14 bits per heavy atom. The second-order valence-electron chi connectivity index (χ2n) is 6.07. The third-order valence-corrected chi connectivity index (χ3v) is 5.18. The minimum absolute atomic E-state index is 0.0131. The van der Waals surface area contributed by atoms with Gasteiger partial charge in [0, 0.05) is 6.20 Å². The molecule has 12 heteroatoms. The first kappa shape index (κ1) is 21.3. The van der Waals surface area contributed by atoms with Gasteiger partial charge in [0.05, 0.1) is 19.6 Å². The molecule has 3 unspecified atom stereocenters. The maximum atomic E-state index is 14.4. The van der Waals surface area contributed by atoms with Crippen molar-refractivity contribution in [3.63, 3.8) is 0 Å². The molecule has 29 heavy (non-hydrogen) atoms. The quantitative estimate of drug-likeness (QED) is 0.459. The molecular weight excluding hydrogens is 409 g/mol. The van der Waals surface area contributed by atoms with E-state index >= 15 is 0 Å². The van der Waals surface area contributed by atoms with Gasteiger partial charge in [0.1, 0.15) is 30.2 Å². The molecule has 3 N–H and O–H groups in total. The summed E-state index contributed by atoms with van der Waals surface area (Å²) in [5.74, 6) is -2.81. The molecular formula is C17H19F2N4O5P. The summed E-state index contributed by atoms with van der Waals surface area (Å²) < 4.78 is 46.2. The predicted molar refractivity (Wildman–Crippen MR) is 100 cm³/mol. The molecule has 1 fully saturated rings. The zero-order valence-electron chi connectivity index (χ0n) is 15.1. The van der Waals surface area contributed by atoms with Gasteiger partial charge < -0.3 is 24.3 Å². The van der Waals surface area contributed by atoms with Crippen molar-refractivity contribution in [2.45, 2.75) is 24.7 Å². The minimum atomic E-state index is -3.25. The normalized spacial score (nSPS) is 21.6. The van der Waals surface area contributed by atoms with E-state index in [1.54, 1.807) is 30.3 Å². The number of anilines is 1. The average Bonchev–Trinajstić information content (AvgIpc) is 2.98. The lowest BCUT2D eigenvalue weighted by molar-refractivity contribution is -0.107. The third-order valence-electron chi connectivity index (χ3n) is 3.98. The van der Waals surface area contributed by atoms with Gasteiger partial charge in [0.15, 0.2) is 0 Å². The molecule has 1 aliphatic rings. The van der Waals surface area contributed by atoms with Gasteiger partial charge in [-0.05, 0) is 18.2 Å². The Morgan fingerprint density at radius 1 is 1.38 bits per heavy atom. The maximum Gasteiger partial charge on any atom is 0.351 e. The Bertz CT molecular complexity index is 886. The highest BCUT2D eigenvalue weighted by molar-refractivity contribution is 7.45. The first-order valence-corrected chi connectivity index (χ1v) is 9.78. The Hall–Kier alpha value is -2.46. The van der Waals surface area contributed by atoms with E-state index in [0.717, 1.165) is 4.57 Å². The molecule has 0 radical (unpaired) electrons. The lowest BCUT2D eigenvalue weighted by atomic mass is 10.2. The number of rotatable bonds is 9. The molecule has 156 valence electrons. The zero-order valence-corrected chi connectivity index (χ0v) is 16.0. The van der Waals surface area contributed by atoms with Crippen LogP contribution in [0, 0.1) is 0 Å². The molecule has 1 aromatic carbocycles. The number of aromatic nitrogens is 2. The van der Waals surface area contributed by atoms with Gasteiger partial charge in [-0.2, -0.15) is 4.98 Å². The van der Waals surface area contributed by atoms with Gasteiger partial charge in [-0.25, -0.2) is 18.7 Å². The van der Waals surface area contributed by atoms with Crippen LogP contribution in [0.15, 0.2) is 47.4 Å². The summed E-state index contributed by atoms with van der Waals surface area (Å²) in [6, 6.07) is 9.91. The van der Waals surface area contributed by atoms with Crippen molar-refractivity contribution in [3.8, 4) is 5.75 Å². The van der Waals surface area contributed by atoms with E-state index in [-0.39, 0.29) is 12.4 Å². The highest BCUT2D eigenvalue weighted by Crippen LogP contribution is 2.43. The van der Waals surface area contributed by atoms with Crippen LogP contribution in [-0.4, -0.2) is 41.0 Å². The summed E-state index contributed by atoms with van der Waals surface area (Å²) in [7, 11) is -1.87. The number of nitrogens with one attached hydrogen (secondary N) is 1. The molecule has 0 bridgehead atoms. The minimum Gasteiger partial charge on any atom is -0.436 e. The Balaban J connectivity index is 1.65. The van der Waals surface area contributed by atoms with Gasteiger partial charge in [-0.15, -0.1) is 0 Å². The first-order valence-electron chi connectivity index (χ1n) is 8.60. The van der Waals surface area contributed by atoms with Crippen LogP contribution in [0.4, 0.5) is 14.6 Å². The summed E-state index contributed by atoms with van der Waals surface area (Å²) in [4.78, 5) is 26.0. The number of hydrogen-bond acceptors (Lipinski definition) is 8. The van der Waals surface area contributed by atoms with E-state index in [1.807, 2.05) is 0 Å². The molecule has 3 rings (SSSR count). The number of nitrogens with zero attached hydrogens (tertiary/aromatic N) is 2. The molecule has 1 aliphatic heterocycles. The lowest BCUT2D eigenvalue weighted by Gasteiger charge is -2.22. The van der Waals surface area contributed by atoms with Crippen molar-refractivity contribution in [1.29, 1.82) is 0 Å². The van der Waals surface area contributed by atoms with Crippen LogP contribution >= 0.6 is 8.53 Å². The van der Waals surface area contributed by atoms with Crippen LogP contribution in [0.1, 0.15) is 12.6 Å². The summed E-state index contributed by atoms with van der Waals surface area (Å²) in [6.07, 6.45) is -1.68. The summed E-state index contributed by atoms with van der Waals surface area (Å²) in [5, 5.41) is 2.70. The Kier molecular flexibility index (Phi) is 6.86. The molecule has 1 saturated heterocycles. The number of halogens is 2. The van der Waals surface area contributed by atoms with Crippen molar-refractivity contribution in [3.05, 3.63) is 53.1 Å². The Labute approximate surface area is 165 Å². The number of aldehydes is 1. The van der Waals surface area contributed by atoms with Gasteiger partial charge in [0.25, 0.3) is 5.92 Å². The molecule has 0 saturated carbocycles. The fourth-order valence-electron chi connectivity index (χ4n) is 2.60. The van der Waals surface area contributed by atoms with Gasteiger partial charge in [-0.3, -0.25) is 4.57 Å². The summed E-state index contributed by atoms with van der Waals surface area (Å²) in [6.45, 7) is -0.583. The molecule has 2 heterocycles. The predicted octanol–water partition coefficient (Wildman–Crippen LogP) is 1.86. The first-order chi connectivity index (χ1) is 13.9. The largest absolute Gasteiger partial charge is 0.436 e. The van der Waals surface area contributed by atoms with Crippen LogP contribution in [-0.2, 0) is 14.1 Å². The molecule has 3 atom stereocenters. The van der Waals surface area contributed by atoms with Crippen LogP contribution in [0.2, 0.25) is 0 Å². The fraction of sp³-hybridized carbons (Fsp3) is 0.353. The van der Waals surface area contributed by atoms with Gasteiger partial charge in [-0.1, -0.05) is 18.2 Å². The summed E-state index contributed by atoms with van der Waals surface area (Å²) >= 11 is 0. The SMILES string of the molecule is Nc1ccn(C2CC(F)(F)C(COP(NCC=O)Oc3ccccc3)O2)c(=O)n1. The van der Waals surface area contributed by atoms with Gasteiger partial charge in [0.2, 0.25) is 0 Å². The number of hydrogen-bond donors (Lipinski definition) is 2. The number of nitrogens with two attached hydrogens (primary N) is 1. The van der Waals surface area contributed by atoms with E-state index in [0.29, 0.717) is 12.0 Å². The van der Waals surface area contributed by atoms with E-state index in [2.05, 4.69) is 10.1 Å². The molecule has 0 spiro atoms. The van der Waals surface area contributed by atoms with E-state index in [4.69, 9.17) is 19.5 Å².